The molecule has 1 aliphatic carbocycles. The number of nitrogen functional groups attached to an aromatic ring is 1. The molecule has 1 amide bonds. The van der Waals surface area contributed by atoms with Crippen LogP contribution in [-0.4, -0.2) is 22.2 Å². The van der Waals surface area contributed by atoms with Crippen molar-refractivity contribution < 1.29 is 15.0 Å². The summed E-state index contributed by atoms with van der Waals surface area (Å²) < 4.78 is 0. The Labute approximate surface area is 122 Å². The number of amides is 1. The Morgan fingerprint density at radius 2 is 1.95 bits per heavy atom. The first-order chi connectivity index (χ1) is 10.1. The van der Waals surface area contributed by atoms with E-state index in [0.717, 1.165) is 11.1 Å². The smallest absolute Gasteiger partial charge is 0.255 e. The van der Waals surface area contributed by atoms with Crippen LogP contribution in [0.4, 0.5) is 5.69 Å². The standard InChI is InChI=1S/C16H16N2O3/c17-12-7-3-6-11(15(12)20)16(21)18-14-10-5-2-1-4-9(10)8-13(14)19/h1-7,13-14,19-20H,8,17H2,(H,18,21)/t13-,14+/m1/s1. The Balaban J connectivity index is 1.87. The van der Waals surface area contributed by atoms with E-state index in [-0.39, 0.29) is 17.0 Å². The van der Waals surface area contributed by atoms with E-state index in [1.54, 1.807) is 6.07 Å². The third kappa shape index (κ3) is 2.32. The van der Waals surface area contributed by atoms with Gasteiger partial charge >= 0.3 is 0 Å². The number of phenols is 1. The number of para-hydroxylation sites is 1. The molecule has 21 heavy (non-hydrogen) atoms. The Kier molecular flexibility index (Phi) is 3.27. The van der Waals surface area contributed by atoms with E-state index in [9.17, 15) is 15.0 Å². The van der Waals surface area contributed by atoms with Crippen LogP contribution in [0.1, 0.15) is 27.5 Å². The maximum absolute atomic E-state index is 12.3. The van der Waals surface area contributed by atoms with Gasteiger partial charge in [0.15, 0.2) is 5.75 Å². The highest BCUT2D eigenvalue weighted by Crippen LogP contribution is 2.32. The molecule has 0 saturated carbocycles. The first kappa shape index (κ1) is 13.5. The number of anilines is 1. The zero-order valence-corrected chi connectivity index (χ0v) is 11.3. The highest BCUT2D eigenvalue weighted by atomic mass is 16.3. The van der Waals surface area contributed by atoms with Gasteiger partial charge in [-0.2, -0.15) is 0 Å². The Morgan fingerprint density at radius 1 is 1.19 bits per heavy atom. The third-order valence-corrected chi connectivity index (χ3v) is 3.80. The van der Waals surface area contributed by atoms with Crippen LogP contribution >= 0.6 is 0 Å². The summed E-state index contributed by atoms with van der Waals surface area (Å²) in [5.74, 6) is -0.698. The predicted octanol–water partition coefficient (Wildman–Crippen LogP) is 1.36. The van der Waals surface area contributed by atoms with Crippen LogP contribution in [0.2, 0.25) is 0 Å². The van der Waals surface area contributed by atoms with Crippen molar-refractivity contribution in [3.63, 3.8) is 0 Å². The number of nitrogens with two attached hydrogens (primary N) is 1. The average molecular weight is 284 g/mol. The number of carbonyl (C=O) groups excluding carboxylic acids is 1. The number of rotatable bonds is 2. The summed E-state index contributed by atoms with van der Waals surface area (Å²) in [6.45, 7) is 0. The van der Waals surface area contributed by atoms with E-state index in [4.69, 9.17) is 5.73 Å². The summed E-state index contributed by atoms with van der Waals surface area (Å²) in [4.78, 5) is 12.3. The Morgan fingerprint density at radius 3 is 2.76 bits per heavy atom. The molecule has 0 saturated heterocycles. The lowest BCUT2D eigenvalue weighted by molar-refractivity contribution is 0.0855. The fourth-order valence-electron chi connectivity index (χ4n) is 2.71. The molecule has 1 aliphatic rings. The van der Waals surface area contributed by atoms with Crippen molar-refractivity contribution >= 4 is 11.6 Å². The van der Waals surface area contributed by atoms with Gasteiger partial charge in [-0.3, -0.25) is 4.79 Å². The van der Waals surface area contributed by atoms with E-state index >= 15 is 0 Å². The highest BCUT2D eigenvalue weighted by Gasteiger charge is 2.32. The monoisotopic (exact) mass is 284 g/mol. The molecule has 5 nitrogen and oxygen atoms in total. The molecule has 0 spiro atoms. The van der Waals surface area contributed by atoms with E-state index < -0.39 is 18.1 Å². The van der Waals surface area contributed by atoms with Gasteiger partial charge in [-0.25, -0.2) is 0 Å². The zero-order chi connectivity index (χ0) is 15.0. The van der Waals surface area contributed by atoms with Crippen molar-refractivity contribution in [2.45, 2.75) is 18.6 Å². The number of aliphatic hydroxyl groups excluding tert-OH is 1. The molecule has 0 unspecified atom stereocenters. The predicted molar refractivity (Wildman–Crippen MR) is 78.9 cm³/mol. The van der Waals surface area contributed by atoms with Gasteiger partial charge in [0.2, 0.25) is 0 Å². The number of nitrogens with one attached hydrogen (secondary N) is 1. The van der Waals surface area contributed by atoms with E-state index in [1.807, 2.05) is 24.3 Å². The summed E-state index contributed by atoms with van der Waals surface area (Å²) in [6.07, 6.45) is -0.168. The Bertz CT molecular complexity index is 700. The molecule has 0 aliphatic heterocycles. The van der Waals surface area contributed by atoms with Gasteiger partial charge in [0.05, 0.1) is 23.4 Å². The largest absolute Gasteiger partial charge is 0.505 e. The molecule has 0 bridgehead atoms. The highest BCUT2D eigenvalue weighted by molar-refractivity contribution is 5.98. The van der Waals surface area contributed by atoms with Crippen molar-refractivity contribution in [1.29, 1.82) is 0 Å². The molecule has 3 rings (SSSR count). The fourth-order valence-corrected chi connectivity index (χ4v) is 2.71. The maximum atomic E-state index is 12.3. The van der Waals surface area contributed by atoms with Crippen molar-refractivity contribution in [2.75, 3.05) is 5.73 Å². The van der Waals surface area contributed by atoms with Crippen LogP contribution < -0.4 is 11.1 Å². The summed E-state index contributed by atoms with van der Waals surface area (Å²) in [5, 5.41) is 22.7. The molecule has 0 heterocycles. The molecular formula is C16H16N2O3. The lowest BCUT2D eigenvalue weighted by atomic mass is 10.1. The minimum atomic E-state index is -0.672. The number of phenolic OH excluding ortho intramolecular Hbond substituents is 1. The van der Waals surface area contributed by atoms with Gasteiger partial charge in [0.1, 0.15) is 0 Å². The lowest BCUT2D eigenvalue weighted by Gasteiger charge is -2.18. The van der Waals surface area contributed by atoms with Crippen molar-refractivity contribution in [2.24, 2.45) is 0 Å². The topological polar surface area (TPSA) is 95.6 Å². The van der Waals surface area contributed by atoms with Gasteiger partial charge in [-0.15, -0.1) is 0 Å². The number of carbonyl (C=O) groups is 1. The number of benzene rings is 2. The molecule has 0 radical (unpaired) electrons. The molecule has 5 heteroatoms. The molecule has 0 fully saturated rings. The minimum Gasteiger partial charge on any atom is -0.505 e. The van der Waals surface area contributed by atoms with Crippen molar-refractivity contribution in [1.82, 2.24) is 5.32 Å². The summed E-state index contributed by atoms with van der Waals surface area (Å²) in [6, 6.07) is 11.7. The minimum absolute atomic E-state index is 0.103. The first-order valence-electron chi connectivity index (χ1n) is 6.72. The third-order valence-electron chi connectivity index (χ3n) is 3.80. The number of hydrogen-bond acceptors (Lipinski definition) is 4. The SMILES string of the molecule is Nc1cccc(C(=O)N[C@H]2c3ccccc3C[C@H]2O)c1O. The van der Waals surface area contributed by atoms with Gasteiger partial charge in [-0.1, -0.05) is 30.3 Å². The van der Waals surface area contributed by atoms with Crippen molar-refractivity contribution in [3.8, 4) is 5.75 Å². The van der Waals surface area contributed by atoms with Crippen LogP contribution in [-0.2, 0) is 6.42 Å². The maximum Gasteiger partial charge on any atom is 0.255 e. The molecule has 5 N–H and O–H groups in total. The first-order valence-corrected chi connectivity index (χ1v) is 6.72. The second-order valence-electron chi connectivity index (χ2n) is 5.16. The molecule has 108 valence electrons. The molecule has 2 aromatic carbocycles. The Hall–Kier alpha value is -2.53. The second kappa shape index (κ2) is 5.10. The van der Waals surface area contributed by atoms with E-state index in [1.165, 1.54) is 12.1 Å². The van der Waals surface area contributed by atoms with Crippen LogP contribution in [0.25, 0.3) is 0 Å². The van der Waals surface area contributed by atoms with Crippen LogP contribution in [0.3, 0.4) is 0 Å². The van der Waals surface area contributed by atoms with Gasteiger partial charge < -0.3 is 21.3 Å². The average Bonchev–Trinajstić information content (AvgIpc) is 2.78. The normalized spacial score (nSPS) is 20.0. The fraction of sp³-hybridized carbons (Fsp3) is 0.188. The number of hydrogen-bond donors (Lipinski definition) is 4. The summed E-state index contributed by atoms with van der Waals surface area (Å²) >= 11 is 0. The van der Waals surface area contributed by atoms with Gasteiger partial charge in [0, 0.05) is 6.42 Å². The van der Waals surface area contributed by atoms with Crippen LogP contribution in [0, 0.1) is 0 Å². The molecule has 2 atom stereocenters. The second-order valence-corrected chi connectivity index (χ2v) is 5.16. The van der Waals surface area contributed by atoms with E-state index in [0.29, 0.717) is 6.42 Å². The zero-order valence-electron chi connectivity index (χ0n) is 11.3. The van der Waals surface area contributed by atoms with Crippen molar-refractivity contribution in [3.05, 3.63) is 59.2 Å². The molecule has 0 aromatic heterocycles. The van der Waals surface area contributed by atoms with Crippen LogP contribution in [0.15, 0.2) is 42.5 Å². The van der Waals surface area contributed by atoms with Gasteiger partial charge in [0.25, 0.3) is 5.91 Å². The molecule has 2 aromatic rings. The van der Waals surface area contributed by atoms with Gasteiger partial charge in [-0.05, 0) is 23.3 Å². The number of aliphatic hydroxyl groups is 1. The van der Waals surface area contributed by atoms with Crippen LogP contribution in [0.5, 0.6) is 5.75 Å². The molecular weight excluding hydrogens is 268 g/mol. The van der Waals surface area contributed by atoms with E-state index in [2.05, 4.69) is 5.32 Å². The lowest BCUT2D eigenvalue weighted by Crippen LogP contribution is -2.33. The quantitative estimate of drug-likeness (QED) is 0.494. The summed E-state index contributed by atoms with van der Waals surface area (Å²) in [5.41, 5.74) is 7.77. The number of fused-ring (bicyclic) bond motifs is 1. The summed E-state index contributed by atoms with van der Waals surface area (Å²) in [7, 11) is 0. The number of aromatic hydroxyl groups is 1.